The quantitative estimate of drug-likeness (QED) is 0.735. The predicted octanol–water partition coefficient (Wildman–Crippen LogP) is 3.53. The molecule has 0 atom stereocenters. The fourth-order valence-electron chi connectivity index (χ4n) is 2.89. The van der Waals surface area contributed by atoms with E-state index in [-0.39, 0.29) is 18.3 Å². The van der Waals surface area contributed by atoms with E-state index in [4.69, 9.17) is 9.31 Å². The van der Waals surface area contributed by atoms with Crippen LogP contribution in [0.5, 0.6) is 0 Å². The molecule has 2 heterocycles. The lowest BCUT2D eigenvalue weighted by Gasteiger charge is -2.32. The fraction of sp³-hybridized carbons (Fsp3) is 0.316. The zero-order valence-electron chi connectivity index (χ0n) is 14.5. The van der Waals surface area contributed by atoms with Crippen molar-refractivity contribution in [1.29, 1.82) is 0 Å². The van der Waals surface area contributed by atoms with Crippen LogP contribution in [0, 0.1) is 0 Å². The number of hydrogen-bond acceptors (Lipinski definition) is 3. The highest BCUT2D eigenvalue weighted by atomic mass is 16.7. The highest BCUT2D eigenvalue weighted by Crippen LogP contribution is 2.36. The Labute approximate surface area is 142 Å². The largest absolute Gasteiger partial charge is 0.494 e. The van der Waals surface area contributed by atoms with Gasteiger partial charge in [-0.05, 0) is 45.3 Å². The Bertz CT molecular complexity index is 871. The molecule has 122 valence electrons. The monoisotopic (exact) mass is 320 g/mol. The molecule has 0 amide bonds. The van der Waals surface area contributed by atoms with Gasteiger partial charge >= 0.3 is 7.12 Å². The van der Waals surface area contributed by atoms with Gasteiger partial charge in [-0.2, -0.15) is 0 Å². The van der Waals surface area contributed by atoms with Crippen molar-refractivity contribution in [1.82, 2.24) is 9.97 Å². The van der Waals surface area contributed by atoms with Gasteiger partial charge in [0.1, 0.15) is 5.82 Å². The molecule has 1 aliphatic heterocycles. The Kier molecular flexibility index (Phi) is 3.34. The van der Waals surface area contributed by atoms with Gasteiger partial charge in [-0.1, -0.05) is 36.4 Å². The van der Waals surface area contributed by atoms with Crippen LogP contribution in [0.15, 0.2) is 48.5 Å². The SMILES string of the molecule is CC1(C)OB(c2ccc3nc(-c4ccccc4)[nH]c3c2)OC1(C)C. The topological polar surface area (TPSA) is 47.1 Å². The Morgan fingerprint density at radius 3 is 2.25 bits per heavy atom. The number of aromatic amines is 1. The lowest BCUT2D eigenvalue weighted by molar-refractivity contribution is 0.00578. The third kappa shape index (κ3) is 2.45. The minimum Gasteiger partial charge on any atom is -0.399 e. The van der Waals surface area contributed by atoms with Crippen molar-refractivity contribution in [3.63, 3.8) is 0 Å². The average molecular weight is 320 g/mol. The molecule has 1 N–H and O–H groups in total. The number of H-pyrrole nitrogens is 1. The second kappa shape index (κ2) is 5.20. The summed E-state index contributed by atoms with van der Waals surface area (Å²) >= 11 is 0. The maximum atomic E-state index is 6.13. The fourth-order valence-corrected chi connectivity index (χ4v) is 2.89. The molecule has 1 aromatic heterocycles. The summed E-state index contributed by atoms with van der Waals surface area (Å²) in [6, 6.07) is 16.2. The smallest absolute Gasteiger partial charge is 0.399 e. The van der Waals surface area contributed by atoms with Gasteiger partial charge in [-0.3, -0.25) is 0 Å². The van der Waals surface area contributed by atoms with Crippen LogP contribution in [0.4, 0.5) is 0 Å². The van der Waals surface area contributed by atoms with E-state index in [0.29, 0.717) is 0 Å². The Morgan fingerprint density at radius 1 is 0.917 bits per heavy atom. The van der Waals surface area contributed by atoms with Crippen LogP contribution in [0.2, 0.25) is 0 Å². The molecule has 24 heavy (non-hydrogen) atoms. The molecule has 0 aliphatic carbocycles. The molecule has 2 aromatic carbocycles. The van der Waals surface area contributed by atoms with Gasteiger partial charge < -0.3 is 14.3 Å². The molecule has 0 saturated carbocycles. The van der Waals surface area contributed by atoms with Gasteiger partial charge in [0.15, 0.2) is 0 Å². The van der Waals surface area contributed by atoms with E-state index >= 15 is 0 Å². The van der Waals surface area contributed by atoms with Crippen LogP contribution in [-0.2, 0) is 9.31 Å². The molecular formula is C19H21BN2O2. The summed E-state index contributed by atoms with van der Waals surface area (Å²) < 4.78 is 12.3. The summed E-state index contributed by atoms with van der Waals surface area (Å²) in [7, 11) is -0.358. The minimum absolute atomic E-state index is 0.337. The summed E-state index contributed by atoms with van der Waals surface area (Å²) in [6.45, 7) is 8.26. The lowest BCUT2D eigenvalue weighted by Crippen LogP contribution is -2.41. The van der Waals surface area contributed by atoms with E-state index < -0.39 is 0 Å². The number of imidazole rings is 1. The first-order chi connectivity index (χ1) is 11.4. The second-order valence-corrected chi connectivity index (χ2v) is 7.32. The molecular weight excluding hydrogens is 299 g/mol. The first kappa shape index (κ1) is 15.4. The standard InChI is InChI=1S/C19H21BN2O2/c1-18(2)19(3,4)24-20(23-18)14-10-11-15-16(12-14)22-17(21-15)13-8-6-5-7-9-13/h5-12H,1-4H3,(H,21,22). The first-order valence-corrected chi connectivity index (χ1v) is 8.26. The number of aromatic nitrogens is 2. The summed E-state index contributed by atoms with van der Waals surface area (Å²) in [5.74, 6) is 0.872. The Hall–Kier alpha value is -2.11. The third-order valence-electron chi connectivity index (χ3n) is 5.08. The third-order valence-corrected chi connectivity index (χ3v) is 5.08. The number of rotatable bonds is 2. The molecule has 4 rings (SSSR count). The zero-order valence-corrected chi connectivity index (χ0v) is 14.5. The van der Waals surface area contributed by atoms with E-state index in [0.717, 1.165) is 27.9 Å². The minimum atomic E-state index is -0.358. The highest BCUT2D eigenvalue weighted by Gasteiger charge is 2.51. The Balaban J connectivity index is 1.70. The van der Waals surface area contributed by atoms with Crippen LogP contribution >= 0.6 is 0 Å². The van der Waals surface area contributed by atoms with E-state index in [1.54, 1.807) is 0 Å². The molecule has 1 fully saturated rings. The lowest BCUT2D eigenvalue weighted by atomic mass is 9.79. The van der Waals surface area contributed by atoms with E-state index in [9.17, 15) is 0 Å². The van der Waals surface area contributed by atoms with Crippen molar-refractivity contribution in [2.45, 2.75) is 38.9 Å². The van der Waals surface area contributed by atoms with Crippen LogP contribution in [0.25, 0.3) is 22.4 Å². The molecule has 3 aromatic rings. The highest BCUT2D eigenvalue weighted by molar-refractivity contribution is 6.62. The van der Waals surface area contributed by atoms with Gasteiger partial charge in [0, 0.05) is 5.56 Å². The van der Waals surface area contributed by atoms with E-state index in [1.807, 2.05) is 42.5 Å². The summed E-state index contributed by atoms with van der Waals surface area (Å²) in [5.41, 5.74) is 3.33. The number of fused-ring (bicyclic) bond motifs is 1. The molecule has 1 saturated heterocycles. The summed E-state index contributed by atoms with van der Waals surface area (Å²) in [5, 5.41) is 0. The maximum absolute atomic E-state index is 6.13. The molecule has 4 nitrogen and oxygen atoms in total. The van der Waals surface area contributed by atoms with Crippen molar-refractivity contribution < 1.29 is 9.31 Å². The number of benzene rings is 2. The van der Waals surface area contributed by atoms with Crippen molar-refractivity contribution >= 4 is 23.6 Å². The summed E-state index contributed by atoms with van der Waals surface area (Å²) in [6.07, 6.45) is 0. The molecule has 0 unspecified atom stereocenters. The number of nitrogens with one attached hydrogen (secondary N) is 1. The molecule has 0 radical (unpaired) electrons. The number of hydrogen-bond donors (Lipinski definition) is 1. The average Bonchev–Trinajstić information content (AvgIpc) is 3.06. The number of nitrogens with zero attached hydrogens (tertiary/aromatic N) is 1. The van der Waals surface area contributed by atoms with Gasteiger partial charge in [-0.25, -0.2) is 4.98 Å². The molecule has 0 bridgehead atoms. The first-order valence-electron chi connectivity index (χ1n) is 8.26. The second-order valence-electron chi connectivity index (χ2n) is 7.32. The van der Waals surface area contributed by atoms with Crippen LogP contribution < -0.4 is 5.46 Å². The van der Waals surface area contributed by atoms with Crippen molar-refractivity contribution in [3.8, 4) is 11.4 Å². The van der Waals surface area contributed by atoms with Crippen LogP contribution in [0.3, 0.4) is 0 Å². The maximum Gasteiger partial charge on any atom is 0.494 e. The van der Waals surface area contributed by atoms with Crippen molar-refractivity contribution in [2.75, 3.05) is 0 Å². The molecule has 0 spiro atoms. The predicted molar refractivity (Wildman–Crippen MR) is 97.2 cm³/mol. The van der Waals surface area contributed by atoms with Gasteiger partial charge in [0.25, 0.3) is 0 Å². The van der Waals surface area contributed by atoms with Gasteiger partial charge in [0.2, 0.25) is 0 Å². The molecule has 5 heteroatoms. The van der Waals surface area contributed by atoms with Gasteiger partial charge in [0.05, 0.1) is 22.2 Å². The molecule has 1 aliphatic rings. The van der Waals surface area contributed by atoms with Gasteiger partial charge in [-0.15, -0.1) is 0 Å². The zero-order chi connectivity index (χ0) is 16.9. The van der Waals surface area contributed by atoms with Crippen molar-refractivity contribution in [2.24, 2.45) is 0 Å². The van der Waals surface area contributed by atoms with E-state index in [2.05, 4.69) is 43.7 Å². The van der Waals surface area contributed by atoms with Crippen LogP contribution in [0.1, 0.15) is 27.7 Å². The van der Waals surface area contributed by atoms with Crippen molar-refractivity contribution in [3.05, 3.63) is 48.5 Å². The van der Waals surface area contributed by atoms with E-state index in [1.165, 1.54) is 0 Å². The normalized spacial score (nSPS) is 19.1. The Morgan fingerprint density at radius 2 is 1.58 bits per heavy atom. The summed E-state index contributed by atoms with van der Waals surface area (Å²) in [4.78, 5) is 8.07. The van der Waals surface area contributed by atoms with Crippen LogP contribution in [-0.4, -0.2) is 28.3 Å².